The van der Waals surface area contributed by atoms with Crippen molar-refractivity contribution in [3.8, 4) is 0 Å². The lowest BCUT2D eigenvalue weighted by atomic mass is 10.1. The van der Waals surface area contributed by atoms with Crippen molar-refractivity contribution >= 4 is 17.5 Å². The maximum absolute atomic E-state index is 12.5. The van der Waals surface area contributed by atoms with Crippen LogP contribution in [0.5, 0.6) is 0 Å². The summed E-state index contributed by atoms with van der Waals surface area (Å²) >= 11 is 0. The second-order valence-corrected chi connectivity index (χ2v) is 8.06. The predicted octanol–water partition coefficient (Wildman–Crippen LogP) is 2.18. The van der Waals surface area contributed by atoms with Crippen LogP contribution in [0.4, 0.5) is 0 Å². The number of amides is 2. The van der Waals surface area contributed by atoms with Gasteiger partial charge in [-0.05, 0) is 24.2 Å². The first-order chi connectivity index (χ1) is 14.5. The number of carbonyl (C=O) groups excluding carboxylic acids is 2. The van der Waals surface area contributed by atoms with Crippen molar-refractivity contribution in [3.05, 3.63) is 77.4 Å². The molecule has 2 amide bonds. The second kappa shape index (κ2) is 8.81. The van der Waals surface area contributed by atoms with Gasteiger partial charge in [-0.2, -0.15) is 0 Å². The number of hydrogen-bond donors (Lipinski definition) is 1. The Morgan fingerprint density at radius 2 is 1.70 bits per heavy atom. The average molecular weight is 405 g/mol. The maximum atomic E-state index is 12.5. The molecule has 0 radical (unpaired) electrons. The first-order valence-electron chi connectivity index (χ1n) is 10.4. The Kier molecular flexibility index (Phi) is 5.97. The summed E-state index contributed by atoms with van der Waals surface area (Å²) in [5, 5.41) is 2.94. The highest BCUT2D eigenvalue weighted by molar-refractivity contribution is 6.10. The molecule has 0 aliphatic carbocycles. The monoisotopic (exact) mass is 404 g/mol. The van der Waals surface area contributed by atoms with Crippen LogP contribution in [-0.4, -0.2) is 66.3 Å². The van der Waals surface area contributed by atoms with Crippen LogP contribution in [-0.2, 0) is 17.9 Å². The third kappa shape index (κ3) is 4.45. The normalized spacial score (nSPS) is 17.3. The van der Waals surface area contributed by atoms with Gasteiger partial charge in [0.15, 0.2) is 0 Å². The molecule has 1 N–H and O–H groups in total. The lowest BCUT2D eigenvalue weighted by Gasteiger charge is -2.32. The number of nitrogens with one attached hydrogen (secondary N) is 1. The Morgan fingerprint density at radius 3 is 2.43 bits per heavy atom. The van der Waals surface area contributed by atoms with Crippen LogP contribution >= 0.6 is 0 Å². The molecule has 2 aliphatic heterocycles. The molecule has 0 bridgehead atoms. The smallest absolute Gasteiger partial charge is 0.259 e. The average Bonchev–Trinajstić information content (AvgIpc) is 2.99. The molecular weight excluding hydrogens is 376 g/mol. The Morgan fingerprint density at radius 1 is 1.00 bits per heavy atom. The van der Waals surface area contributed by atoms with Gasteiger partial charge < -0.3 is 10.2 Å². The molecule has 30 heavy (non-hydrogen) atoms. The van der Waals surface area contributed by atoms with Crippen LogP contribution < -0.4 is 5.32 Å². The Hall–Kier alpha value is -2.96. The van der Waals surface area contributed by atoms with E-state index in [0.29, 0.717) is 17.8 Å². The quantitative estimate of drug-likeness (QED) is 0.802. The highest BCUT2D eigenvalue weighted by Gasteiger charge is 2.31. The van der Waals surface area contributed by atoms with Crippen molar-refractivity contribution in [2.75, 3.05) is 39.8 Å². The molecular formula is C24H28N4O2. The molecule has 0 spiro atoms. The van der Waals surface area contributed by atoms with Gasteiger partial charge in [0.2, 0.25) is 5.91 Å². The Balaban J connectivity index is 1.30. The van der Waals surface area contributed by atoms with Crippen molar-refractivity contribution in [3.63, 3.8) is 0 Å². The second-order valence-electron chi connectivity index (χ2n) is 8.06. The van der Waals surface area contributed by atoms with E-state index in [1.807, 2.05) is 30.3 Å². The maximum Gasteiger partial charge on any atom is 0.259 e. The summed E-state index contributed by atoms with van der Waals surface area (Å²) in [7, 11) is 2.16. The van der Waals surface area contributed by atoms with Crippen LogP contribution in [0, 0.1) is 0 Å². The summed E-state index contributed by atoms with van der Waals surface area (Å²) in [5.41, 5.74) is 4.30. The van der Waals surface area contributed by atoms with Gasteiger partial charge in [0.05, 0.1) is 0 Å². The van der Waals surface area contributed by atoms with Gasteiger partial charge in [-0.25, -0.2) is 0 Å². The fourth-order valence-electron chi connectivity index (χ4n) is 4.00. The minimum atomic E-state index is -0.193. The van der Waals surface area contributed by atoms with E-state index in [0.717, 1.165) is 43.9 Å². The van der Waals surface area contributed by atoms with E-state index >= 15 is 0 Å². The van der Waals surface area contributed by atoms with Gasteiger partial charge in [0, 0.05) is 56.1 Å². The topological polar surface area (TPSA) is 55.9 Å². The zero-order chi connectivity index (χ0) is 21.1. The molecule has 6 nitrogen and oxygen atoms in total. The molecule has 2 aliphatic rings. The summed E-state index contributed by atoms with van der Waals surface area (Å²) in [6.07, 6.45) is 0. The van der Waals surface area contributed by atoms with E-state index in [-0.39, 0.29) is 18.4 Å². The van der Waals surface area contributed by atoms with Crippen molar-refractivity contribution in [1.29, 1.82) is 0 Å². The number of hydrogen-bond acceptors (Lipinski definition) is 4. The standard InChI is InChI=1S/C24H28N4O2/c1-18-21-8-3-4-9-22(21)24(30)28(18)17-23(29)25-15-19-6-5-7-20(14-19)16-27-12-10-26(2)11-13-27/h3-9,14H,1,10-13,15-17H2,2H3,(H,25,29). The molecule has 4 rings (SSSR count). The largest absolute Gasteiger partial charge is 0.350 e. The van der Waals surface area contributed by atoms with E-state index in [1.54, 1.807) is 6.07 Å². The third-order valence-electron chi connectivity index (χ3n) is 5.82. The van der Waals surface area contributed by atoms with Crippen molar-refractivity contribution in [2.24, 2.45) is 0 Å². The van der Waals surface area contributed by atoms with Gasteiger partial charge in [0.1, 0.15) is 6.54 Å². The first-order valence-corrected chi connectivity index (χ1v) is 10.4. The molecule has 1 fully saturated rings. The van der Waals surface area contributed by atoms with E-state index in [9.17, 15) is 9.59 Å². The van der Waals surface area contributed by atoms with Crippen LogP contribution in [0.25, 0.3) is 5.70 Å². The number of nitrogens with zero attached hydrogens (tertiary/aromatic N) is 3. The summed E-state index contributed by atoms with van der Waals surface area (Å²) in [4.78, 5) is 31.3. The number of benzene rings is 2. The SMILES string of the molecule is C=C1c2ccccc2C(=O)N1CC(=O)NCc1cccc(CN2CCN(C)CC2)c1. The van der Waals surface area contributed by atoms with Crippen molar-refractivity contribution < 1.29 is 9.59 Å². The number of rotatable bonds is 6. The molecule has 0 saturated carbocycles. The van der Waals surface area contributed by atoms with Crippen LogP contribution in [0.15, 0.2) is 55.1 Å². The predicted molar refractivity (Wildman–Crippen MR) is 118 cm³/mol. The fraction of sp³-hybridized carbons (Fsp3) is 0.333. The molecule has 0 aromatic heterocycles. The third-order valence-corrected chi connectivity index (χ3v) is 5.82. The molecule has 0 atom stereocenters. The van der Waals surface area contributed by atoms with Gasteiger partial charge in [-0.15, -0.1) is 0 Å². The zero-order valence-corrected chi connectivity index (χ0v) is 17.4. The number of piperazine rings is 1. The summed E-state index contributed by atoms with van der Waals surface area (Å²) in [5.74, 6) is -0.360. The minimum absolute atomic E-state index is 0.0205. The number of fused-ring (bicyclic) bond motifs is 1. The lowest BCUT2D eigenvalue weighted by Crippen LogP contribution is -2.43. The molecule has 6 heteroatoms. The highest BCUT2D eigenvalue weighted by Crippen LogP contribution is 2.30. The van der Waals surface area contributed by atoms with E-state index in [4.69, 9.17) is 0 Å². The summed E-state index contributed by atoms with van der Waals surface area (Å²) in [6.45, 7) is 9.68. The van der Waals surface area contributed by atoms with E-state index in [2.05, 4.69) is 40.9 Å². The molecule has 0 unspecified atom stereocenters. The highest BCUT2D eigenvalue weighted by atomic mass is 16.2. The number of carbonyl (C=O) groups is 2. The van der Waals surface area contributed by atoms with Gasteiger partial charge in [-0.1, -0.05) is 49.0 Å². The van der Waals surface area contributed by atoms with E-state index < -0.39 is 0 Å². The first kappa shape index (κ1) is 20.3. The number of likely N-dealkylation sites (N-methyl/N-ethyl adjacent to an activating group) is 1. The summed E-state index contributed by atoms with van der Waals surface area (Å²) in [6, 6.07) is 15.7. The summed E-state index contributed by atoms with van der Waals surface area (Å²) < 4.78 is 0. The van der Waals surface area contributed by atoms with Crippen molar-refractivity contribution in [1.82, 2.24) is 20.0 Å². The zero-order valence-electron chi connectivity index (χ0n) is 17.4. The fourth-order valence-corrected chi connectivity index (χ4v) is 4.00. The molecule has 2 aromatic carbocycles. The Labute approximate surface area is 177 Å². The van der Waals surface area contributed by atoms with E-state index in [1.165, 1.54) is 10.5 Å². The molecule has 2 aromatic rings. The van der Waals surface area contributed by atoms with Crippen LogP contribution in [0.2, 0.25) is 0 Å². The molecule has 1 saturated heterocycles. The minimum Gasteiger partial charge on any atom is -0.350 e. The van der Waals surface area contributed by atoms with Crippen molar-refractivity contribution in [2.45, 2.75) is 13.1 Å². The van der Waals surface area contributed by atoms with Gasteiger partial charge >= 0.3 is 0 Å². The Bertz CT molecular complexity index is 928. The molecule has 156 valence electrons. The lowest BCUT2D eigenvalue weighted by molar-refractivity contribution is -0.121. The van der Waals surface area contributed by atoms with Gasteiger partial charge in [0.25, 0.3) is 5.91 Å². The molecule has 2 heterocycles. The van der Waals surface area contributed by atoms with Crippen LogP contribution in [0.3, 0.4) is 0 Å². The van der Waals surface area contributed by atoms with Crippen LogP contribution in [0.1, 0.15) is 27.0 Å². The van der Waals surface area contributed by atoms with Gasteiger partial charge in [-0.3, -0.25) is 19.4 Å².